The molecule has 0 spiro atoms. The highest BCUT2D eigenvalue weighted by Gasteiger charge is 2.21. The van der Waals surface area contributed by atoms with Crippen LogP contribution in [-0.4, -0.2) is 37.0 Å². The van der Waals surface area contributed by atoms with Gasteiger partial charge in [0.25, 0.3) is 5.91 Å². The number of nitrogens with one attached hydrogen (secondary N) is 1. The summed E-state index contributed by atoms with van der Waals surface area (Å²) in [5.74, 6) is 0.634. The number of amides is 1. The van der Waals surface area contributed by atoms with Crippen LogP contribution < -0.4 is 5.32 Å². The smallest absolute Gasteiger partial charge is 0.251 e. The first-order chi connectivity index (χ1) is 9.11. The third-order valence-corrected chi connectivity index (χ3v) is 4.13. The molecule has 1 N–H and O–H groups in total. The van der Waals surface area contributed by atoms with Gasteiger partial charge < -0.3 is 10.2 Å². The van der Waals surface area contributed by atoms with Gasteiger partial charge in [-0.25, -0.2) is 0 Å². The fourth-order valence-corrected chi connectivity index (χ4v) is 2.80. The van der Waals surface area contributed by atoms with E-state index in [4.69, 9.17) is 0 Å². The molecule has 0 atom stereocenters. The summed E-state index contributed by atoms with van der Waals surface area (Å²) in [4.78, 5) is 14.0. The number of hydrogen-bond acceptors (Lipinski definition) is 2. The lowest BCUT2D eigenvalue weighted by Gasteiger charge is -2.34. The van der Waals surface area contributed by atoms with Crippen LogP contribution >= 0.6 is 0 Å². The highest BCUT2D eigenvalue weighted by atomic mass is 16.1. The zero-order chi connectivity index (χ0) is 13.8. The maximum atomic E-state index is 11.5. The monoisotopic (exact) mass is 260 g/mol. The minimum absolute atomic E-state index is 0.0128. The molecule has 0 bridgehead atoms. The molecule has 1 aromatic rings. The number of hydrogen-bond donors (Lipinski definition) is 1. The van der Waals surface area contributed by atoms with E-state index in [1.165, 1.54) is 31.5 Å². The predicted molar refractivity (Wildman–Crippen MR) is 78.5 cm³/mol. The fraction of sp³-hybridized carbons (Fsp3) is 0.562. The number of carbonyl (C=O) groups excluding carboxylic acids is 1. The third kappa shape index (κ3) is 3.35. The molecule has 2 rings (SSSR count). The van der Waals surface area contributed by atoms with E-state index in [2.05, 4.69) is 36.2 Å². The first-order valence-electron chi connectivity index (χ1n) is 7.18. The van der Waals surface area contributed by atoms with E-state index in [1.54, 1.807) is 7.05 Å². The molecule has 1 aromatic carbocycles. The first kappa shape index (κ1) is 14.1. The van der Waals surface area contributed by atoms with Crippen LogP contribution in [0.25, 0.3) is 0 Å². The second-order valence-electron chi connectivity index (χ2n) is 5.61. The molecular formula is C16H24N2O. The average molecular weight is 260 g/mol. The van der Waals surface area contributed by atoms with Crippen molar-refractivity contribution in [2.45, 2.75) is 38.6 Å². The van der Waals surface area contributed by atoms with E-state index < -0.39 is 0 Å². The van der Waals surface area contributed by atoms with E-state index >= 15 is 0 Å². The van der Waals surface area contributed by atoms with Gasteiger partial charge in [0.15, 0.2) is 0 Å². The molecule has 3 heteroatoms. The molecule has 1 aliphatic heterocycles. The molecule has 104 valence electrons. The van der Waals surface area contributed by atoms with Crippen molar-refractivity contribution in [1.29, 1.82) is 0 Å². The van der Waals surface area contributed by atoms with Crippen LogP contribution in [0.3, 0.4) is 0 Å². The average Bonchev–Trinajstić information content (AvgIpc) is 2.46. The molecule has 1 aliphatic rings. The number of nitrogens with zero attached hydrogens (tertiary/aromatic N) is 1. The van der Waals surface area contributed by atoms with Gasteiger partial charge in [0.2, 0.25) is 0 Å². The number of carbonyl (C=O) groups is 1. The Morgan fingerprint density at radius 2 is 1.79 bits per heavy atom. The standard InChI is InChI=1S/C16H24N2O/c1-12(2)18-10-8-14(9-11-18)13-4-6-15(7-5-13)16(19)17-3/h4-7,12,14H,8-11H2,1-3H3,(H,17,19). The molecule has 0 radical (unpaired) electrons. The fourth-order valence-electron chi connectivity index (χ4n) is 2.80. The maximum Gasteiger partial charge on any atom is 0.251 e. The summed E-state index contributed by atoms with van der Waals surface area (Å²) >= 11 is 0. The predicted octanol–water partition coefficient (Wildman–Crippen LogP) is 2.63. The van der Waals surface area contributed by atoms with Crippen molar-refractivity contribution in [1.82, 2.24) is 10.2 Å². The van der Waals surface area contributed by atoms with Crippen molar-refractivity contribution in [3.8, 4) is 0 Å². The zero-order valence-electron chi connectivity index (χ0n) is 12.1. The van der Waals surface area contributed by atoms with Gasteiger partial charge in [0, 0.05) is 18.7 Å². The van der Waals surface area contributed by atoms with Crippen LogP contribution in [0, 0.1) is 0 Å². The van der Waals surface area contributed by atoms with Gasteiger partial charge in [-0.3, -0.25) is 4.79 Å². The Hall–Kier alpha value is -1.35. The molecule has 19 heavy (non-hydrogen) atoms. The van der Waals surface area contributed by atoms with E-state index in [1.807, 2.05) is 12.1 Å². The Kier molecular flexibility index (Phi) is 4.59. The molecular weight excluding hydrogens is 236 g/mol. The summed E-state index contributed by atoms with van der Waals surface area (Å²) in [6.45, 7) is 6.88. The van der Waals surface area contributed by atoms with Crippen molar-refractivity contribution in [2.75, 3.05) is 20.1 Å². The lowest BCUT2D eigenvalue weighted by atomic mass is 9.88. The van der Waals surface area contributed by atoms with E-state index in [9.17, 15) is 4.79 Å². The second kappa shape index (κ2) is 6.20. The molecule has 0 aromatic heterocycles. The van der Waals surface area contributed by atoms with Gasteiger partial charge >= 0.3 is 0 Å². The highest BCUT2D eigenvalue weighted by molar-refractivity contribution is 5.93. The van der Waals surface area contributed by atoms with Gasteiger partial charge in [-0.15, -0.1) is 0 Å². The van der Waals surface area contributed by atoms with Gasteiger partial charge in [0.1, 0.15) is 0 Å². The number of likely N-dealkylation sites (tertiary alicyclic amines) is 1. The van der Waals surface area contributed by atoms with Crippen molar-refractivity contribution in [2.24, 2.45) is 0 Å². The molecule has 1 heterocycles. The molecule has 1 fully saturated rings. The molecule has 1 amide bonds. The molecule has 1 saturated heterocycles. The lowest BCUT2D eigenvalue weighted by molar-refractivity contribution is 0.0963. The van der Waals surface area contributed by atoms with Crippen LogP contribution in [0.2, 0.25) is 0 Å². The van der Waals surface area contributed by atoms with Gasteiger partial charge in [-0.1, -0.05) is 12.1 Å². The third-order valence-electron chi connectivity index (χ3n) is 4.13. The van der Waals surface area contributed by atoms with E-state index in [0.717, 1.165) is 5.56 Å². The van der Waals surface area contributed by atoms with Crippen molar-refractivity contribution in [3.63, 3.8) is 0 Å². The van der Waals surface area contributed by atoms with E-state index in [0.29, 0.717) is 12.0 Å². The Balaban J connectivity index is 1.98. The lowest BCUT2D eigenvalue weighted by Crippen LogP contribution is -2.37. The quantitative estimate of drug-likeness (QED) is 0.906. The van der Waals surface area contributed by atoms with E-state index in [-0.39, 0.29) is 5.91 Å². The van der Waals surface area contributed by atoms with Gasteiger partial charge in [0.05, 0.1) is 0 Å². The molecule has 0 aliphatic carbocycles. The summed E-state index contributed by atoms with van der Waals surface area (Å²) in [5.41, 5.74) is 2.11. The maximum absolute atomic E-state index is 11.5. The molecule has 0 unspecified atom stereocenters. The topological polar surface area (TPSA) is 32.3 Å². The number of piperidine rings is 1. The highest BCUT2D eigenvalue weighted by Crippen LogP contribution is 2.28. The van der Waals surface area contributed by atoms with Crippen molar-refractivity contribution < 1.29 is 4.79 Å². The zero-order valence-corrected chi connectivity index (χ0v) is 12.1. The first-order valence-corrected chi connectivity index (χ1v) is 7.18. The SMILES string of the molecule is CNC(=O)c1ccc(C2CCN(C(C)C)CC2)cc1. The largest absolute Gasteiger partial charge is 0.355 e. The summed E-state index contributed by atoms with van der Waals surface area (Å²) in [6, 6.07) is 8.74. The van der Waals surface area contributed by atoms with Gasteiger partial charge in [-0.2, -0.15) is 0 Å². The summed E-state index contributed by atoms with van der Waals surface area (Å²) in [6.07, 6.45) is 2.44. The Labute approximate surface area is 116 Å². The van der Waals surface area contributed by atoms with Gasteiger partial charge in [-0.05, 0) is 63.4 Å². The second-order valence-corrected chi connectivity index (χ2v) is 5.61. The van der Waals surface area contributed by atoms with Crippen LogP contribution in [0.15, 0.2) is 24.3 Å². The minimum Gasteiger partial charge on any atom is -0.355 e. The number of rotatable bonds is 3. The van der Waals surface area contributed by atoms with Crippen LogP contribution in [0.1, 0.15) is 48.5 Å². The summed E-state index contributed by atoms with van der Waals surface area (Å²) in [7, 11) is 1.66. The molecule has 3 nitrogen and oxygen atoms in total. The minimum atomic E-state index is -0.0128. The Morgan fingerprint density at radius 3 is 2.26 bits per heavy atom. The van der Waals surface area contributed by atoms with Crippen LogP contribution in [0.4, 0.5) is 0 Å². The van der Waals surface area contributed by atoms with Crippen molar-refractivity contribution >= 4 is 5.91 Å². The van der Waals surface area contributed by atoms with Crippen LogP contribution in [0.5, 0.6) is 0 Å². The summed E-state index contributed by atoms with van der Waals surface area (Å²) < 4.78 is 0. The Morgan fingerprint density at radius 1 is 1.21 bits per heavy atom. The summed E-state index contributed by atoms with van der Waals surface area (Å²) in [5, 5.41) is 2.65. The molecule has 0 saturated carbocycles. The number of benzene rings is 1. The normalized spacial score (nSPS) is 17.7. The van der Waals surface area contributed by atoms with Crippen LogP contribution in [-0.2, 0) is 0 Å². The van der Waals surface area contributed by atoms with Crippen molar-refractivity contribution in [3.05, 3.63) is 35.4 Å². The Bertz CT molecular complexity index is 417.